The third-order valence-electron chi connectivity index (χ3n) is 6.36. The van der Waals surface area contributed by atoms with Crippen molar-refractivity contribution in [2.45, 2.75) is 70.4 Å². The van der Waals surface area contributed by atoms with E-state index in [0.29, 0.717) is 36.7 Å². The number of amides is 1. The summed E-state index contributed by atoms with van der Waals surface area (Å²) in [6.07, 6.45) is 4.85. The van der Waals surface area contributed by atoms with Crippen LogP contribution in [0.4, 0.5) is 10.5 Å². The topological polar surface area (TPSA) is 80.9 Å². The van der Waals surface area contributed by atoms with E-state index >= 15 is 0 Å². The van der Waals surface area contributed by atoms with E-state index in [9.17, 15) is 4.79 Å². The minimum atomic E-state index is -0.488. The van der Waals surface area contributed by atoms with Crippen LogP contribution in [-0.2, 0) is 4.74 Å². The first kappa shape index (κ1) is 20.8. The first-order valence-electron chi connectivity index (χ1n) is 11.4. The molecule has 32 heavy (non-hydrogen) atoms. The fraction of sp³-hybridized carbons (Fsp3) is 0.542. The number of anilines is 1. The lowest BCUT2D eigenvalue weighted by Crippen LogP contribution is -2.41. The second kappa shape index (κ2) is 7.83. The van der Waals surface area contributed by atoms with E-state index in [1.165, 1.54) is 6.42 Å². The first-order valence-corrected chi connectivity index (χ1v) is 11.4. The second-order valence-electron chi connectivity index (χ2n) is 9.83. The summed E-state index contributed by atoms with van der Waals surface area (Å²) in [6, 6.07) is 6.39. The number of rotatable bonds is 3. The van der Waals surface area contributed by atoms with Crippen molar-refractivity contribution in [2.75, 3.05) is 18.0 Å². The summed E-state index contributed by atoms with van der Waals surface area (Å²) in [7, 11) is 0. The predicted octanol–water partition coefficient (Wildman–Crippen LogP) is 5.07. The monoisotopic (exact) mass is 438 g/mol. The standard InChI is InChI=1S/C24H30N4O4/c1-15-28(18-6-5-7-18)19-14-17(8-9-20(19)30-15)22-25-21(26-32-22)16-10-12-27(13-11-16)23(29)31-24(2,3)4/h8-9,14,16,18H,1,5-7,10-13H2,2-4H3. The molecule has 0 spiro atoms. The molecule has 1 saturated heterocycles. The highest BCUT2D eigenvalue weighted by molar-refractivity contribution is 5.73. The van der Waals surface area contributed by atoms with Crippen molar-refractivity contribution in [1.29, 1.82) is 0 Å². The highest BCUT2D eigenvalue weighted by Crippen LogP contribution is 2.45. The summed E-state index contributed by atoms with van der Waals surface area (Å²) in [5.74, 6) is 2.87. The largest absolute Gasteiger partial charge is 0.444 e. The van der Waals surface area contributed by atoms with Crippen molar-refractivity contribution in [3.63, 3.8) is 0 Å². The molecule has 8 nitrogen and oxygen atoms in total. The molecule has 0 N–H and O–H groups in total. The van der Waals surface area contributed by atoms with E-state index in [1.807, 2.05) is 39.0 Å². The lowest BCUT2D eigenvalue weighted by atomic mass is 9.91. The van der Waals surface area contributed by atoms with Crippen LogP contribution >= 0.6 is 0 Å². The van der Waals surface area contributed by atoms with Gasteiger partial charge in [0.05, 0.1) is 5.69 Å². The summed E-state index contributed by atoms with van der Waals surface area (Å²) < 4.78 is 16.9. The summed E-state index contributed by atoms with van der Waals surface area (Å²) in [5.41, 5.74) is 1.40. The average Bonchev–Trinajstić information content (AvgIpc) is 3.31. The summed E-state index contributed by atoms with van der Waals surface area (Å²) >= 11 is 0. The van der Waals surface area contributed by atoms with Crippen LogP contribution in [0.2, 0.25) is 0 Å². The number of benzene rings is 1. The molecule has 1 aliphatic carbocycles. The molecule has 1 aromatic heterocycles. The van der Waals surface area contributed by atoms with Crippen molar-refractivity contribution < 1.29 is 18.8 Å². The second-order valence-corrected chi connectivity index (χ2v) is 9.83. The molecular formula is C24H30N4O4. The number of hydrogen-bond donors (Lipinski definition) is 0. The molecule has 2 fully saturated rings. The van der Waals surface area contributed by atoms with Gasteiger partial charge in [-0.25, -0.2) is 4.79 Å². The van der Waals surface area contributed by atoms with Crippen LogP contribution in [-0.4, -0.2) is 45.9 Å². The normalized spacial score (nSPS) is 19.5. The molecule has 3 heterocycles. The van der Waals surface area contributed by atoms with Crippen molar-refractivity contribution in [3.05, 3.63) is 36.5 Å². The Labute approximate surface area is 188 Å². The smallest absolute Gasteiger partial charge is 0.410 e. The Bertz CT molecular complexity index is 1030. The maximum Gasteiger partial charge on any atom is 0.410 e. The van der Waals surface area contributed by atoms with Crippen molar-refractivity contribution in [1.82, 2.24) is 15.0 Å². The van der Waals surface area contributed by atoms with E-state index < -0.39 is 5.60 Å². The number of nitrogens with zero attached hydrogens (tertiary/aromatic N) is 4. The minimum Gasteiger partial charge on any atom is -0.444 e. The van der Waals surface area contributed by atoms with Gasteiger partial charge in [0.1, 0.15) is 5.60 Å². The van der Waals surface area contributed by atoms with Gasteiger partial charge in [0.15, 0.2) is 17.5 Å². The number of piperidine rings is 1. The van der Waals surface area contributed by atoms with Gasteiger partial charge in [0.2, 0.25) is 0 Å². The molecule has 8 heteroatoms. The van der Waals surface area contributed by atoms with Gasteiger partial charge < -0.3 is 23.8 Å². The van der Waals surface area contributed by atoms with Gasteiger partial charge in [0.25, 0.3) is 5.89 Å². The molecule has 2 aliphatic heterocycles. The van der Waals surface area contributed by atoms with Crippen LogP contribution in [0.1, 0.15) is 64.6 Å². The molecule has 1 amide bonds. The average molecular weight is 439 g/mol. The SMILES string of the molecule is C=C1Oc2ccc(-c3nc(C4CCN(C(=O)OC(C)(C)C)CC4)no3)cc2N1C1CCC1. The third kappa shape index (κ3) is 3.94. The van der Waals surface area contributed by atoms with E-state index in [1.54, 1.807) is 4.90 Å². The van der Waals surface area contributed by atoms with Crippen LogP contribution in [0.15, 0.2) is 35.2 Å². The van der Waals surface area contributed by atoms with Gasteiger partial charge in [-0.1, -0.05) is 5.16 Å². The summed E-state index contributed by atoms with van der Waals surface area (Å²) in [4.78, 5) is 20.9. The molecule has 0 bridgehead atoms. The van der Waals surface area contributed by atoms with Crippen LogP contribution in [0, 0.1) is 0 Å². The Morgan fingerprint density at radius 2 is 1.94 bits per heavy atom. The van der Waals surface area contributed by atoms with Crippen LogP contribution < -0.4 is 9.64 Å². The van der Waals surface area contributed by atoms with Gasteiger partial charge in [0, 0.05) is 30.6 Å². The fourth-order valence-corrected chi connectivity index (χ4v) is 4.45. The van der Waals surface area contributed by atoms with Crippen molar-refractivity contribution in [2.24, 2.45) is 0 Å². The molecule has 3 aliphatic rings. The maximum atomic E-state index is 12.3. The molecule has 0 unspecified atom stereocenters. The van der Waals surface area contributed by atoms with E-state index in [4.69, 9.17) is 14.0 Å². The first-order chi connectivity index (χ1) is 15.3. The lowest BCUT2D eigenvalue weighted by Gasteiger charge is -2.35. The quantitative estimate of drug-likeness (QED) is 0.661. The van der Waals surface area contributed by atoms with E-state index in [2.05, 4.69) is 21.6 Å². The highest BCUT2D eigenvalue weighted by atomic mass is 16.6. The zero-order valence-electron chi connectivity index (χ0n) is 19.0. The number of hydrogen-bond acceptors (Lipinski definition) is 7. The molecule has 5 rings (SSSR count). The molecule has 0 radical (unpaired) electrons. The number of carbonyl (C=O) groups is 1. The van der Waals surface area contributed by atoms with Crippen LogP contribution in [0.5, 0.6) is 5.75 Å². The maximum absolute atomic E-state index is 12.3. The van der Waals surface area contributed by atoms with Crippen molar-refractivity contribution in [3.8, 4) is 17.2 Å². The molecular weight excluding hydrogens is 408 g/mol. The zero-order chi connectivity index (χ0) is 22.5. The molecule has 1 aromatic carbocycles. The molecule has 1 saturated carbocycles. The molecule has 2 aromatic rings. The van der Waals surface area contributed by atoms with Gasteiger partial charge in [-0.2, -0.15) is 4.98 Å². The predicted molar refractivity (Wildman–Crippen MR) is 119 cm³/mol. The molecule has 170 valence electrons. The Morgan fingerprint density at radius 1 is 1.19 bits per heavy atom. The highest BCUT2D eigenvalue weighted by Gasteiger charge is 2.35. The number of fused-ring (bicyclic) bond motifs is 1. The van der Waals surface area contributed by atoms with Gasteiger partial charge in [-0.3, -0.25) is 0 Å². The van der Waals surface area contributed by atoms with Gasteiger partial charge in [-0.05, 0) is 77.7 Å². The summed E-state index contributed by atoms with van der Waals surface area (Å²) in [5, 5.41) is 4.25. The Kier molecular flexibility index (Phi) is 5.10. The molecule has 0 atom stereocenters. The number of carbonyl (C=O) groups excluding carboxylic acids is 1. The Hall–Kier alpha value is -3.03. The minimum absolute atomic E-state index is 0.162. The van der Waals surface area contributed by atoms with Gasteiger partial charge in [-0.15, -0.1) is 0 Å². The zero-order valence-corrected chi connectivity index (χ0v) is 19.0. The Balaban J connectivity index is 1.27. The van der Waals surface area contributed by atoms with E-state index in [-0.39, 0.29) is 12.0 Å². The number of aromatic nitrogens is 2. The van der Waals surface area contributed by atoms with Gasteiger partial charge >= 0.3 is 6.09 Å². The lowest BCUT2D eigenvalue weighted by molar-refractivity contribution is 0.0203. The summed E-state index contributed by atoms with van der Waals surface area (Å²) in [6.45, 7) is 11.0. The third-order valence-corrected chi connectivity index (χ3v) is 6.36. The number of likely N-dealkylation sites (tertiary alicyclic amines) is 1. The van der Waals surface area contributed by atoms with Crippen molar-refractivity contribution >= 4 is 11.8 Å². The fourth-order valence-electron chi connectivity index (χ4n) is 4.45. The van der Waals surface area contributed by atoms with Crippen LogP contribution in [0.3, 0.4) is 0 Å². The Morgan fingerprint density at radius 3 is 2.59 bits per heavy atom. The van der Waals surface area contributed by atoms with E-state index in [0.717, 1.165) is 42.7 Å². The number of ether oxygens (including phenoxy) is 2. The van der Waals surface area contributed by atoms with Crippen LogP contribution in [0.25, 0.3) is 11.5 Å².